The van der Waals surface area contributed by atoms with Gasteiger partial charge in [-0.2, -0.15) is 0 Å². The van der Waals surface area contributed by atoms with E-state index in [9.17, 15) is 12.8 Å². The second-order valence-corrected chi connectivity index (χ2v) is 7.42. The summed E-state index contributed by atoms with van der Waals surface area (Å²) in [6.45, 7) is 0. The quantitative estimate of drug-likeness (QED) is 0.694. The van der Waals surface area contributed by atoms with E-state index in [0.29, 0.717) is 10.7 Å². The fourth-order valence-electron chi connectivity index (χ4n) is 2.27. The highest BCUT2D eigenvalue weighted by Gasteiger charge is 2.11. The molecule has 0 unspecified atom stereocenters. The molecular formula is C17H14ClFN4O2S. The first-order valence-corrected chi connectivity index (χ1v) is 9.40. The highest BCUT2D eigenvalue weighted by Crippen LogP contribution is 2.21. The van der Waals surface area contributed by atoms with Crippen molar-refractivity contribution in [3.05, 3.63) is 76.8 Å². The average molecular weight is 393 g/mol. The van der Waals surface area contributed by atoms with Gasteiger partial charge in [0.15, 0.2) is 5.82 Å². The van der Waals surface area contributed by atoms with Gasteiger partial charge in [-0.15, -0.1) is 0 Å². The van der Waals surface area contributed by atoms with E-state index in [1.54, 1.807) is 18.2 Å². The lowest BCUT2D eigenvalue weighted by Crippen LogP contribution is -2.11. The molecule has 0 aliphatic rings. The molecule has 3 aromatic rings. The van der Waals surface area contributed by atoms with Gasteiger partial charge in [0.2, 0.25) is 16.0 Å². The average Bonchev–Trinajstić information content (AvgIpc) is 2.59. The Morgan fingerprint density at radius 2 is 1.81 bits per heavy atom. The molecule has 0 amide bonds. The number of sulfonamides is 1. The van der Waals surface area contributed by atoms with E-state index in [1.165, 1.54) is 24.3 Å². The molecule has 0 atom stereocenters. The Labute approximate surface area is 154 Å². The molecule has 0 spiro atoms. The minimum Gasteiger partial charge on any atom is -0.324 e. The molecule has 0 saturated heterocycles. The van der Waals surface area contributed by atoms with Gasteiger partial charge < -0.3 is 5.32 Å². The number of aromatic nitrogens is 2. The first-order chi connectivity index (χ1) is 12.3. The van der Waals surface area contributed by atoms with Crippen molar-refractivity contribution in [1.29, 1.82) is 0 Å². The second kappa shape index (κ2) is 7.36. The molecule has 1 heterocycles. The molecule has 0 bridgehead atoms. The molecule has 0 fully saturated rings. The third kappa shape index (κ3) is 4.34. The number of nitrogens with one attached hydrogen (secondary N) is 1. The van der Waals surface area contributed by atoms with Crippen molar-refractivity contribution in [3.63, 3.8) is 0 Å². The van der Waals surface area contributed by atoms with Gasteiger partial charge in [0, 0.05) is 17.1 Å². The number of benzene rings is 2. The van der Waals surface area contributed by atoms with Gasteiger partial charge >= 0.3 is 0 Å². The standard InChI is InChI=1S/C17H14ClFN4O2S/c18-14-4-2-1-3-11(14)9-16-15(19)10-21-17(23-16)22-12-5-7-13(8-6-12)26(20,24)25/h1-8,10H,9H2,(H2,20,24,25)(H,21,22,23). The van der Waals surface area contributed by atoms with Crippen LogP contribution in [0.1, 0.15) is 11.3 Å². The van der Waals surface area contributed by atoms with Gasteiger partial charge in [-0.3, -0.25) is 0 Å². The van der Waals surface area contributed by atoms with Crippen LogP contribution >= 0.6 is 11.6 Å². The second-order valence-electron chi connectivity index (χ2n) is 5.45. The molecule has 0 aliphatic carbocycles. The van der Waals surface area contributed by atoms with E-state index in [2.05, 4.69) is 15.3 Å². The number of hydrogen-bond donors (Lipinski definition) is 2. The molecule has 134 valence electrons. The number of halogens is 2. The number of primary sulfonamides is 1. The molecule has 0 radical (unpaired) electrons. The van der Waals surface area contributed by atoms with Crippen LogP contribution in [0.5, 0.6) is 0 Å². The van der Waals surface area contributed by atoms with E-state index in [-0.39, 0.29) is 23.0 Å². The molecule has 3 N–H and O–H groups in total. The van der Waals surface area contributed by atoms with Crippen LogP contribution < -0.4 is 10.5 Å². The summed E-state index contributed by atoms with van der Waals surface area (Å²) in [7, 11) is -3.76. The predicted molar refractivity (Wildman–Crippen MR) is 97.3 cm³/mol. The summed E-state index contributed by atoms with van der Waals surface area (Å²) in [5, 5.41) is 8.48. The van der Waals surface area contributed by atoms with E-state index >= 15 is 0 Å². The smallest absolute Gasteiger partial charge is 0.238 e. The fourth-order valence-corrected chi connectivity index (χ4v) is 2.98. The first-order valence-electron chi connectivity index (χ1n) is 7.47. The Balaban J connectivity index is 1.82. The van der Waals surface area contributed by atoms with Crippen molar-refractivity contribution in [2.75, 3.05) is 5.32 Å². The lowest BCUT2D eigenvalue weighted by Gasteiger charge is -2.09. The van der Waals surface area contributed by atoms with Gasteiger partial charge in [0.25, 0.3) is 0 Å². The van der Waals surface area contributed by atoms with Crippen molar-refractivity contribution in [2.24, 2.45) is 5.14 Å². The zero-order valence-corrected chi connectivity index (χ0v) is 14.9. The molecule has 26 heavy (non-hydrogen) atoms. The normalized spacial score (nSPS) is 11.3. The monoisotopic (exact) mass is 392 g/mol. The summed E-state index contributed by atoms with van der Waals surface area (Å²) in [6, 6.07) is 12.9. The van der Waals surface area contributed by atoms with Crippen molar-refractivity contribution in [2.45, 2.75) is 11.3 Å². The maximum Gasteiger partial charge on any atom is 0.238 e. The number of anilines is 2. The van der Waals surface area contributed by atoms with Crippen LogP contribution in [0, 0.1) is 5.82 Å². The molecule has 6 nitrogen and oxygen atoms in total. The Kier molecular flexibility index (Phi) is 5.17. The highest BCUT2D eigenvalue weighted by molar-refractivity contribution is 7.89. The van der Waals surface area contributed by atoms with Crippen LogP contribution in [0.2, 0.25) is 5.02 Å². The molecule has 1 aromatic heterocycles. The maximum atomic E-state index is 14.0. The number of hydrogen-bond acceptors (Lipinski definition) is 5. The zero-order valence-electron chi connectivity index (χ0n) is 13.4. The van der Waals surface area contributed by atoms with Crippen LogP contribution in [0.15, 0.2) is 59.6 Å². The van der Waals surface area contributed by atoms with Crippen LogP contribution in [-0.2, 0) is 16.4 Å². The summed E-state index contributed by atoms with van der Waals surface area (Å²) in [5.41, 5.74) is 1.47. The Bertz CT molecular complexity index is 1040. The predicted octanol–water partition coefficient (Wildman–Crippen LogP) is 3.25. The minimum absolute atomic E-state index is 0.0116. The summed E-state index contributed by atoms with van der Waals surface area (Å²) < 4.78 is 36.6. The molecule has 0 saturated carbocycles. The van der Waals surface area contributed by atoms with Gasteiger partial charge in [-0.25, -0.2) is 27.9 Å². The van der Waals surface area contributed by atoms with Gasteiger partial charge in [-0.05, 0) is 35.9 Å². The minimum atomic E-state index is -3.76. The van der Waals surface area contributed by atoms with E-state index in [1.807, 2.05) is 6.07 Å². The third-order valence-electron chi connectivity index (χ3n) is 3.57. The number of rotatable bonds is 5. The van der Waals surface area contributed by atoms with E-state index in [4.69, 9.17) is 16.7 Å². The third-order valence-corrected chi connectivity index (χ3v) is 4.87. The Morgan fingerprint density at radius 1 is 1.12 bits per heavy atom. The molecular weight excluding hydrogens is 379 g/mol. The van der Waals surface area contributed by atoms with Crippen LogP contribution in [-0.4, -0.2) is 18.4 Å². The van der Waals surface area contributed by atoms with Gasteiger partial charge in [-0.1, -0.05) is 29.8 Å². The molecule has 0 aliphatic heterocycles. The summed E-state index contributed by atoms with van der Waals surface area (Å²) >= 11 is 6.11. The van der Waals surface area contributed by atoms with Crippen LogP contribution in [0.3, 0.4) is 0 Å². The van der Waals surface area contributed by atoms with Crippen LogP contribution in [0.25, 0.3) is 0 Å². The fraction of sp³-hybridized carbons (Fsp3) is 0.0588. The molecule has 9 heteroatoms. The van der Waals surface area contributed by atoms with Crippen molar-refractivity contribution < 1.29 is 12.8 Å². The summed E-state index contributed by atoms with van der Waals surface area (Å²) in [6.07, 6.45) is 1.29. The number of nitrogens with zero attached hydrogens (tertiary/aromatic N) is 2. The SMILES string of the molecule is NS(=O)(=O)c1ccc(Nc2ncc(F)c(Cc3ccccc3Cl)n2)cc1. The summed E-state index contributed by atoms with van der Waals surface area (Å²) in [5.74, 6) is -0.364. The highest BCUT2D eigenvalue weighted by atomic mass is 35.5. The van der Waals surface area contributed by atoms with E-state index < -0.39 is 15.8 Å². The van der Waals surface area contributed by atoms with Crippen molar-refractivity contribution in [1.82, 2.24) is 9.97 Å². The molecule has 3 rings (SSSR count). The largest absolute Gasteiger partial charge is 0.324 e. The first kappa shape index (κ1) is 18.2. The lowest BCUT2D eigenvalue weighted by atomic mass is 10.1. The molecule has 2 aromatic carbocycles. The maximum absolute atomic E-state index is 14.0. The van der Waals surface area contributed by atoms with E-state index in [0.717, 1.165) is 11.8 Å². The zero-order chi connectivity index (χ0) is 18.7. The topological polar surface area (TPSA) is 98.0 Å². The van der Waals surface area contributed by atoms with Crippen LogP contribution in [0.4, 0.5) is 16.0 Å². The lowest BCUT2D eigenvalue weighted by molar-refractivity contribution is 0.596. The van der Waals surface area contributed by atoms with Crippen molar-refractivity contribution in [3.8, 4) is 0 Å². The Morgan fingerprint density at radius 3 is 2.46 bits per heavy atom. The number of nitrogens with two attached hydrogens (primary N) is 1. The Hall–Kier alpha value is -2.55. The van der Waals surface area contributed by atoms with Crippen molar-refractivity contribution >= 4 is 33.3 Å². The van der Waals surface area contributed by atoms with Gasteiger partial charge in [0.05, 0.1) is 16.8 Å². The van der Waals surface area contributed by atoms with Gasteiger partial charge in [0.1, 0.15) is 0 Å². The summed E-state index contributed by atoms with van der Waals surface area (Å²) in [4.78, 5) is 8.06.